The van der Waals surface area contributed by atoms with Crippen LogP contribution in [0.25, 0.3) is 0 Å². The van der Waals surface area contributed by atoms with Crippen LogP contribution in [-0.2, 0) is 11.3 Å². The predicted octanol–water partition coefficient (Wildman–Crippen LogP) is 1.99. The lowest BCUT2D eigenvalue weighted by Crippen LogP contribution is -2.37. The first kappa shape index (κ1) is 12.1. The van der Waals surface area contributed by atoms with Crippen molar-refractivity contribution in [2.75, 3.05) is 13.2 Å². The highest BCUT2D eigenvalue weighted by Gasteiger charge is 2.16. The van der Waals surface area contributed by atoms with Gasteiger partial charge in [-0.3, -0.25) is 4.98 Å². The quantitative estimate of drug-likeness (QED) is 0.776. The highest BCUT2D eigenvalue weighted by Crippen LogP contribution is 2.07. The lowest BCUT2D eigenvalue weighted by atomic mass is 10.1. The minimum Gasteiger partial charge on any atom is -0.375 e. The average Bonchev–Trinajstić information content (AvgIpc) is 2.19. The molecule has 1 aromatic rings. The number of rotatable bonds is 6. The second-order valence-electron chi connectivity index (χ2n) is 4.12. The van der Waals surface area contributed by atoms with E-state index in [0.717, 1.165) is 25.4 Å². The SMILES string of the molecule is CCOC(C)(C)CNCc1ccccn1. The summed E-state index contributed by atoms with van der Waals surface area (Å²) < 4.78 is 5.58. The Morgan fingerprint density at radius 3 is 2.80 bits per heavy atom. The molecule has 0 aliphatic carbocycles. The van der Waals surface area contributed by atoms with Gasteiger partial charge >= 0.3 is 0 Å². The van der Waals surface area contributed by atoms with Gasteiger partial charge < -0.3 is 10.1 Å². The number of nitrogens with zero attached hydrogens (tertiary/aromatic N) is 1. The maximum absolute atomic E-state index is 5.58. The molecule has 1 rings (SSSR count). The second kappa shape index (κ2) is 5.83. The van der Waals surface area contributed by atoms with Crippen molar-refractivity contribution in [2.45, 2.75) is 32.9 Å². The van der Waals surface area contributed by atoms with E-state index in [4.69, 9.17) is 4.74 Å². The van der Waals surface area contributed by atoms with Gasteiger partial charge in [0.05, 0.1) is 11.3 Å². The van der Waals surface area contributed by atoms with Crippen molar-refractivity contribution in [3.05, 3.63) is 30.1 Å². The minimum absolute atomic E-state index is 0.108. The lowest BCUT2D eigenvalue weighted by Gasteiger charge is -2.24. The van der Waals surface area contributed by atoms with Crippen LogP contribution in [0.2, 0.25) is 0 Å². The summed E-state index contributed by atoms with van der Waals surface area (Å²) in [5.74, 6) is 0. The lowest BCUT2D eigenvalue weighted by molar-refractivity contribution is -0.00901. The van der Waals surface area contributed by atoms with E-state index in [1.54, 1.807) is 0 Å². The Morgan fingerprint density at radius 1 is 1.40 bits per heavy atom. The molecule has 1 N–H and O–H groups in total. The zero-order valence-electron chi connectivity index (χ0n) is 9.79. The normalized spacial score (nSPS) is 11.7. The molecule has 3 heteroatoms. The number of ether oxygens (including phenoxy) is 1. The molecule has 0 atom stereocenters. The van der Waals surface area contributed by atoms with Crippen molar-refractivity contribution in [2.24, 2.45) is 0 Å². The molecule has 0 saturated carbocycles. The fourth-order valence-electron chi connectivity index (χ4n) is 1.44. The first-order valence-corrected chi connectivity index (χ1v) is 5.38. The van der Waals surface area contributed by atoms with E-state index in [1.807, 2.05) is 31.3 Å². The monoisotopic (exact) mass is 208 g/mol. The number of pyridine rings is 1. The Kier molecular flexibility index (Phi) is 4.72. The Morgan fingerprint density at radius 2 is 2.20 bits per heavy atom. The van der Waals surface area contributed by atoms with E-state index in [9.17, 15) is 0 Å². The largest absolute Gasteiger partial charge is 0.375 e. The molecule has 0 aliphatic rings. The molecule has 0 radical (unpaired) electrons. The van der Waals surface area contributed by atoms with Gasteiger partial charge in [-0.2, -0.15) is 0 Å². The van der Waals surface area contributed by atoms with Gasteiger partial charge in [0.25, 0.3) is 0 Å². The fraction of sp³-hybridized carbons (Fsp3) is 0.583. The third kappa shape index (κ3) is 4.91. The molecule has 84 valence electrons. The average molecular weight is 208 g/mol. The van der Waals surface area contributed by atoms with E-state index < -0.39 is 0 Å². The minimum atomic E-state index is -0.108. The Labute approximate surface area is 91.9 Å². The molecule has 0 unspecified atom stereocenters. The van der Waals surface area contributed by atoms with Crippen molar-refractivity contribution in [1.29, 1.82) is 0 Å². The molecule has 0 amide bonds. The fourth-order valence-corrected chi connectivity index (χ4v) is 1.44. The topological polar surface area (TPSA) is 34.1 Å². The van der Waals surface area contributed by atoms with Crippen LogP contribution >= 0.6 is 0 Å². The van der Waals surface area contributed by atoms with Crippen molar-refractivity contribution >= 4 is 0 Å². The summed E-state index contributed by atoms with van der Waals surface area (Å²) in [6, 6.07) is 5.94. The van der Waals surface area contributed by atoms with Gasteiger partial charge in [-0.05, 0) is 32.9 Å². The first-order chi connectivity index (χ1) is 7.14. The van der Waals surface area contributed by atoms with E-state index in [0.29, 0.717) is 0 Å². The molecular formula is C12H20N2O. The molecule has 1 heterocycles. The number of hydrogen-bond donors (Lipinski definition) is 1. The van der Waals surface area contributed by atoms with Crippen molar-refractivity contribution in [3.8, 4) is 0 Å². The molecular weight excluding hydrogens is 188 g/mol. The summed E-state index contributed by atoms with van der Waals surface area (Å²) in [4.78, 5) is 4.24. The van der Waals surface area contributed by atoms with Crippen LogP contribution in [0.5, 0.6) is 0 Å². The predicted molar refractivity (Wildman–Crippen MR) is 61.6 cm³/mol. The summed E-state index contributed by atoms with van der Waals surface area (Å²) in [6.45, 7) is 8.55. The summed E-state index contributed by atoms with van der Waals surface area (Å²) >= 11 is 0. The third-order valence-electron chi connectivity index (χ3n) is 2.12. The van der Waals surface area contributed by atoms with Crippen LogP contribution in [0.4, 0.5) is 0 Å². The maximum atomic E-state index is 5.58. The van der Waals surface area contributed by atoms with Crippen LogP contribution < -0.4 is 5.32 Å². The molecule has 0 fully saturated rings. The van der Waals surface area contributed by atoms with Crippen molar-refractivity contribution in [3.63, 3.8) is 0 Å². The summed E-state index contributed by atoms with van der Waals surface area (Å²) in [5.41, 5.74) is 0.952. The molecule has 0 bridgehead atoms. The van der Waals surface area contributed by atoms with Crippen LogP contribution in [-0.4, -0.2) is 23.7 Å². The van der Waals surface area contributed by atoms with Gasteiger partial charge in [0.15, 0.2) is 0 Å². The van der Waals surface area contributed by atoms with E-state index in [1.165, 1.54) is 0 Å². The zero-order chi connectivity index (χ0) is 11.1. The highest BCUT2D eigenvalue weighted by molar-refractivity contribution is 5.02. The molecule has 1 aromatic heterocycles. The molecule has 0 aliphatic heterocycles. The van der Waals surface area contributed by atoms with Crippen molar-refractivity contribution < 1.29 is 4.74 Å². The number of nitrogens with one attached hydrogen (secondary N) is 1. The summed E-state index contributed by atoms with van der Waals surface area (Å²) in [5, 5.41) is 3.34. The van der Waals surface area contributed by atoms with Crippen LogP contribution in [0.15, 0.2) is 24.4 Å². The van der Waals surface area contributed by atoms with Gasteiger partial charge in [0.1, 0.15) is 0 Å². The first-order valence-electron chi connectivity index (χ1n) is 5.38. The van der Waals surface area contributed by atoms with Crippen molar-refractivity contribution in [1.82, 2.24) is 10.3 Å². The molecule has 0 aromatic carbocycles. The maximum Gasteiger partial charge on any atom is 0.0750 e. The van der Waals surface area contributed by atoms with Crippen LogP contribution in [0.1, 0.15) is 26.5 Å². The van der Waals surface area contributed by atoms with E-state index in [2.05, 4.69) is 24.1 Å². The zero-order valence-corrected chi connectivity index (χ0v) is 9.79. The molecule has 15 heavy (non-hydrogen) atoms. The smallest absolute Gasteiger partial charge is 0.0750 e. The van der Waals surface area contributed by atoms with E-state index >= 15 is 0 Å². The molecule has 0 spiro atoms. The van der Waals surface area contributed by atoms with Gasteiger partial charge in [-0.15, -0.1) is 0 Å². The van der Waals surface area contributed by atoms with Gasteiger partial charge in [-0.25, -0.2) is 0 Å². The molecule has 3 nitrogen and oxygen atoms in total. The third-order valence-corrected chi connectivity index (χ3v) is 2.12. The number of aromatic nitrogens is 1. The van der Waals surface area contributed by atoms with Crippen LogP contribution in [0, 0.1) is 0 Å². The highest BCUT2D eigenvalue weighted by atomic mass is 16.5. The van der Waals surface area contributed by atoms with Gasteiger partial charge in [-0.1, -0.05) is 6.07 Å². The van der Waals surface area contributed by atoms with E-state index in [-0.39, 0.29) is 5.60 Å². The number of hydrogen-bond acceptors (Lipinski definition) is 3. The standard InChI is InChI=1S/C12H20N2O/c1-4-15-12(2,3)10-13-9-11-7-5-6-8-14-11/h5-8,13H,4,9-10H2,1-3H3. The summed E-state index contributed by atoms with van der Waals surface area (Å²) in [6.07, 6.45) is 1.81. The van der Waals surface area contributed by atoms with Gasteiger partial charge in [0.2, 0.25) is 0 Å². The second-order valence-corrected chi connectivity index (χ2v) is 4.12. The Balaban J connectivity index is 2.27. The Bertz CT molecular complexity index is 272. The summed E-state index contributed by atoms with van der Waals surface area (Å²) in [7, 11) is 0. The molecule has 0 saturated heterocycles. The van der Waals surface area contributed by atoms with Crippen LogP contribution in [0.3, 0.4) is 0 Å². The van der Waals surface area contributed by atoms with Gasteiger partial charge in [0, 0.05) is 25.9 Å². The Hall–Kier alpha value is -0.930.